The molecule has 0 spiro atoms. The first-order valence-corrected chi connectivity index (χ1v) is 5.91. The Morgan fingerprint density at radius 1 is 1.37 bits per heavy atom. The molecule has 0 fully saturated rings. The van der Waals surface area contributed by atoms with Crippen LogP contribution in [0, 0.1) is 0 Å². The zero-order chi connectivity index (χ0) is 13.1. The number of hydrogen-bond donors (Lipinski definition) is 2. The fraction of sp³-hybridized carbons (Fsp3) is 0.154. The standard InChI is InChI=1S/C13H12N4O2/c18-13(14-4-3-10-6-19-8-17-10)9-1-2-11-12(5-9)16-7-15-11/h1-2,5-8H,3-4H2,(H,14,18)(H,15,16). The number of oxazole rings is 1. The van der Waals surface area contributed by atoms with E-state index in [0.29, 0.717) is 18.5 Å². The quantitative estimate of drug-likeness (QED) is 0.741. The molecule has 0 atom stereocenters. The van der Waals surface area contributed by atoms with Crippen molar-refractivity contribution in [2.45, 2.75) is 6.42 Å². The average molecular weight is 256 g/mol. The molecule has 0 radical (unpaired) electrons. The second kappa shape index (κ2) is 4.93. The number of nitrogens with one attached hydrogen (secondary N) is 2. The molecule has 0 aliphatic heterocycles. The molecule has 0 saturated carbocycles. The number of aromatic amines is 1. The van der Waals surface area contributed by atoms with Crippen LogP contribution in [0.1, 0.15) is 16.1 Å². The van der Waals surface area contributed by atoms with Crippen molar-refractivity contribution in [1.82, 2.24) is 20.3 Å². The van der Waals surface area contributed by atoms with Crippen LogP contribution in [-0.4, -0.2) is 27.4 Å². The minimum absolute atomic E-state index is 0.111. The summed E-state index contributed by atoms with van der Waals surface area (Å²) in [5, 5.41) is 2.84. The molecule has 3 aromatic rings. The molecule has 0 aliphatic rings. The lowest BCUT2D eigenvalue weighted by Crippen LogP contribution is -2.25. The SMILES string of the molecule is O=C(NCCc1cocn1)c1ccc2nc[nH]c2c1. The smallest absolute Gasteiger partial charge is 0.251 e. The molecule has 1 amide bonds. The summed E-state index contributed by atoms with van der Waals surface area (Å²) in [5.41, 5.74) is 3.13. The highest BCUT2D eigenvalue weighted by molar-refractivity contribution is 5.97. The van der Waals surface area contributed by atoms with Gasteiger partial charge in [-0.05, 0) is 18.2 Å². The molecule has 19 heavy (non-hydrogen) atoms. The highest BCUT2D eigenvalue weighted by Crippen LogP contribution is 2.11. The summed E-state index contributed by atoms with van der Waals surface area (Å²) in [4.78, 5) is 23.0. The predicted molar refractivity (Wildman–Crippen MR) is 68.6 cm³/mol. The van der Waals surface area contributed by atoms with Gasteiger partial charge in [0.25, 0.3) is 5.91 Å². The molecule has 0 saturated heterocycles. The summed E-state index contributed by atoms with van der Waals surface area (Å²) in [6.07, 6.45) is 5.21. The van der Waals surface area contributed by atoms with Gasteiger partial charge in [0.15, 0.2) is 6.39 Å². The molecule has 0 aliphatic carbocycles. The number of rotatable bonds is 4. The monoisotopic (exact) mass is 256 g/mol. The van der Waals surface area contributed by atoms with Gasteiger partial charge in [-0.15, -0.1) is 0 Å². The van der Waals surface area contributed by atoms with Crippen molar-refractivity contribution in [3.8, 4) is 0 Å². The molecule has 3 rings (SSSR count). The fourth-order valence-corrected chi connectivity index (χ4v) is 1.84. The summed E-state index contributed by atoms with van der Waals surface area (Å²) in [6, 6.07) is 5.36. The van der Waals surface area contributed by atoms with Crippen LogP contribution >= 0.6 is 0 Å². The topological polar surface area (TPSA) is 83.8 Å². The van der Waals surface area contributed by atoms with E-state index in [4.69, 9.17) is 4.42 Å². The Kier molecular flexibility index (Phi) is 2.97. The van der Waals surface area contributed by atoms with E-state index in [1.165, 1.54) is 6.39 Å². The van der Waals surface area contributed by atoms with Crippen LogP contribution in [0.4, 0.5) is 0 Å². The van der Waals surface area contributed by atoms with E-state index in [1.54, 1.807) is 24.7 Å². The second-order valence-electron chi connectivity index (χ2n) is 4.12. The van der Waals surface area contributed by atoms with Gasteiger partial charge in [0, 0.05) is 18.5 Å². The van der Waals surface area contributed by atoms with E-state index in [-0.39, 0.29) is 5.91 Å². The van der Waals surface area contributed by atoms with Crippen molar-refractivity contribution in [1.29, 1.82) is 0 Å². The Hall–Kier alpha value is -2.63. The molecule has 6 heteroatoms. The van der Waals surface area contributed by atoms with Gasteiger partial charge in [0.05, 0.1) is 23.1 Å². The molecule has 96 valence electrons. The number of imidazole rings is 1. The van der Waals surface area contributed by atoms with Crippen LogP contribution in [0.15, 0.2) is 41.6 Å². The van der Waals surface area contributed by atoms with Gasteiger partial charge < -0.3 is 14.7 Å². The molecular formula is C13H12N4O2. The zero-order valence-corrected chi connectivity index (χ0v) is 10.1. The van der Waals surface area contributed by atoms with E-state index in [0.717, 1.165) is 16.7 Å². The number of aromatic nitrogens is 3. The van der Waals surface area contributed by atoms with E-state index in [9.17, 15) is 4.79 Å². The number of nitrogens with zero attached hydrogens (tertiary/aromatic N) is 2. The fourth-order valence-electron chi connectivity index (χ4n) is 1.84. The Morgan fingerprint density at radius 2 is 2.32 bits per heavy atom. The summed E-state index contributed by atoms with van der Waals surface area (Å²) < 4.78 is 4.86. The number of H-pyrrole nitrogens is 1. The number of amides is 1. The minimum atomic E-state index is -0.111. The highest BCUT2D eigenvalue weighted by atomic mass is 16.3. The third kappa shape index (κ3) is 2.47. The Morgan fingerprint density at radius 3 is 3.16 bits per heavy atom. The van der Waals surface area contributed by atoms with E-state index in [2.05, 4.69) is 20.3 Å². The molecule has 0 unspecified atom stereocenters. The first-order chi connectivity index (χ1) is 9.33. The molecule has 1 aromatic carbocycles. The van der Waals surface area contributed by atoms with Gasteiger partial charge >= 0.3 is 0 Å². The molecule has 2 aromatic heterocycles. The number of benzene rings is 1. The van der Waals surface area contributed by atoms with Crippen LogP contribution in [0.5, 0.6) is 0 Å². The van der Waals surface area contributed by atoms with E-state index < -0.39 is 0 Å². The molecule has 6 nitrogen and oxygen atoms in total. The third-order valence-corrected chi connectivity index (χ3v) is 2.83. The van der Waals surface area contributed by atoms with Crippen LogP contribution in [-0.2, 0) is 6.42 Å². The van der Waals surface area contributed by atoms with Gasteiger partial charge in [-0.3, -0.25) is 4.79 Å². The van der Waals surface area contributed by atoms with Gasteiger partial charge in [-0.25, -0.2) is 9.97 Å². The van der Waals surface area contributed by atoms with Crippen molar-refractivity contribution in [2.75, 3.05) is 6.54 Å². The summed E-state index contributed by atoms with van der Waals surface area (Å²) in [6.45, 7) is 0.520. The van der Waals surface area contributed by atoms with Crippen molar-refractivity contribution < 1.29 is 9.21 Å². The average Bonchev–Trinajstić information content (AvgIpc) is 3.08. The van der Waals surface area contributed by atoms with Crippen LogP contribution < -0.4 is 5.32 Å². The third-order valence-electron chi connectivity index (χ3n) is 2.83. The van der Waals surface area contributed by atoms with Crippen LogP contribution in [0.3, 0.4) is 0 Å². The molecule has 2 N–H and O–H groups in total. The maximum absolute atomic E-state index is 11.9. The number of carbonyl (C=O) groups excluding carboxylic acids is 1. The van der Waals surface area contributed by atoms with Crippen LogP contribution in [0.2, 0.25) is 0 Å². The van der Waals surface area contributed by atoms with Crippen molar-refractivity contribution in [2.24, 2.45) is 0 Å². The normalized spacial score (nSPS) is 10.7. The molecule has 2 heterocycles. The maximum atomic E-state index is 11.9. The van der Waals surface area contributed by atoms with E-state index >= 15 is 0 Å². The Labute approximate surface area is 108 Å². The zero-order valence-electron chi connectivity index (χ0n) is 10.1. The van der Waals surface area contributed by atoms with Crippen LogP contribution in [0.25, 0.3) is 11.0 Å². The highest BCUT2D eigenvalue weighted by Gasteiger charge is 2.07. The lowest BCUT2D eigenvalue weighted by molar-refractivity contribution is 0.0954. The number of carbonyl (C=O) groups is 1. The molecular weight excluding hydrogens is 244 g/mol. The first-order valence-electron chi connectivity index (χ1n) is 5.91. The Balaban J connectivity index is 1.63. The first kappa shape index (κ1) is 11.5. The summed E-state index contributed by atoms with van der Waals surface area (Å²) >= 11 is 0. The number of hydrogen-bond acceptors (Lipinski definition) is 4. The minimum Gasteiger partial charge on any atom is -0.451 e. The maximum Gasteiger partial charge on any atom is 0.251 e. The second-order valence-corrected chi connectivity index (χ2v) is 4.12. The Bertz CT molecular complexity index is 688. The van der Waals surface area contributed by atoms with Gasteiger partial charge in [-0.1, -0.05) is 0 Å². The van der Waals surface area contributed by atoms with Gasteiger partial charge in [-0.2, -0.15) is 0 Å². The van der Waals surface area contributed by atoms with Gasteiger partial charge in [0.2, 0.25) is 0 Å². The van der Waals surface area contributed by atoms with Crippen molar-refractivity contribution >= 4 is 16.9 Å². The summed E-state index contributed by atoms with van der Waals surface area (Å²) in [5.74, 6) is -0.111. The molecule has 0 bridgehead atoms. The lowest BCUT2D eigenvalue weighted by atomic mass is 10.2. The van der Waals surface area contributed by atoms with E-state index in [1.807, 2.05) is 6.07 Å². The van der Waals surface area contributed by atoms with Crippen molar-refractivity contribution in [3.05, 3.63) is 48.4 Å². The largest absolute Gasteiger partial charge is 0.451 e. The lowest BCUT2D eigenvalue weighted by Gasteiger charge is -2.03. The van der Waals surface area contributed by atoms with Gasteiger partial charge in [0.1, 0.15) is 6.26 Å². The summed E-state index contributed by atoms with van der Waals surface area (Å²) in [7, 11) is 0. The predicted octanol–water partition coefficient (Wildman–Crippen LogP) is 1.52. The van der Waals surface area contributed by atoms with Crippen molar-refractivity contribution in [3.63, 3.8) is 0 Å². The number of fused-ring (bicyclic) bond motifs is 1.